The van der Waals surface area contributed by atoms with Gasteiger partial charge in [0.1, 0.15) is 34.4 Å². The maximum atomic E-state index is 13.1. The van der Waals surface area contributed by atoms with Crippen LogP contribution in [0.1, 0.15) is 24.5 Å². The Hall–Kier alpha value is -4.32. The molecule has 4 aromatic rings. The molecule has 174 valence electrons. The minimum Gasteiger partial charge on any atom is -0.383 e. The number of thioether (sulfide) groups is 1. The molecule has 1 amide bonds. The van der Waals surface area contributed by atoms with Crippen molar-refractivity contribution in [2.75, 3.05) is 11.1 Å². The smallest absolute Gasteiger partial charge is 0.273 e. The van der Waals surface area contributed by atoms with Crippen LogP contribution in [0.25, 0.3) is 16.1 Å². The Balaban J connectivity index is 1.63. The number of nitrogens with zero attached hydrogens (tertiary/aromatic N) is 4. The number of aromatic nitrogens is 3. The van der Waals surface area contributed by atoms with Crippen LogP contribution in [0.15, 0.2) is 63.7 Å². The van der Waals surface area contributed by atoms with Crippen LogP contribution in [0.5, 0.6) is 0 Å². The molecule has 4 N–H and O–H groups in total. The Morgan fingerprint density at radius 1 is 1.23 bits per heavy atom. The maximum absolute atomic E-state index is 13.1. The van der Waals surface area contributed by atoms with Crippen LogP contribution < -0.4 is 16.6 Å². The summed E-state index contributed by atoms with van der Waals surface area (Å²) in [6.45, 7) is 1.83. The first-order valence-corrected chi connectivity index (χ1v) is 12.2. The highest BCUT2D eigenvalue weighted by molar-refractivity contribution is 8.00. The molecule has 35 heavy (non-hydrogen) atoms. The topological polar surface area (TPSA) is 153 Å². The van der Waals surface area contributed by atoms with Crippen LogP contribution in [-0.4, -0.2) is 25.9 Å². The molecule has 3 heterocycles. The molecule has 3 aromatic heterocycles. The van der Waals surface area contributed by atoms with Gasteiger partial charge in [-0.15, -0.1) is 11.3 Å². The van der Waals surface area contributed by atoms with Gasteiger partial charge < -0.3 is 11.1 Å². The summed E-state index contributed by atoms with van der Waals surface area (Å²) in [6.07, 6.45) is 0.418. The monoisotopic (exact) mass is 501 g/mol. The fourth-order valence-corrected chi connectivity index (χ4v) is 5.25. The number of pyridine rings is 1. The van der Waals surface area contributed by atoms with Gasteiger partial charge in [-0.25, -0.2) is 9.67 Å². The van der Waals surface area contributed by atoms with Gasteiger partial charge in [-0.2, -0.15) is 10.5 Å². The third-order valence-corrected chi connectivity index (χ3v) is 7.33. The second-order valence-electron chi connectivity index (χ2n) is 7.31. The number of hydrogen-bond acceptors (Lipinski definition) is 8. The standard InChI is InChI=1S/C24H19N7O2S2/c1-2-17(23(33)28-19-11-20(32)31(30-19)14-7-4-3-5-8-14)35-24-16(13-26)21(18-9-6-10-34-18)15(12-25)22(27)29-24/h3-11,17,30H,2H2,1H3,(H2,27,29)(H,28,33). The Labute approximate surface area is 208 Å². The molecule has 9 nitrogen and oxygen atoms in total. The van der Waals surface area contributed by atoms with Crippen LogP contribution in [0.2, 0.25) is 0 Å². The van der Waals surface area contributed by atoms with E-state index in [1.165, 1.54) is 22.1 Å². The number of nitrogens with one attached hydrogen (secondary N) is 2. The van der Waals surface area contributed by atoms with E-state index in [0.29, 0.717) is 22.5 Å². The number of carbonyl (C=O) groups is 1. The van der Waals surface area contributed by atoms with Crippen molar-refractivity contribution in [1.29, 1.82) is 10.5 Å². The van der Waals surface area contributed by atoms with Crippen molar-refractivity contribution in [3.8, 4) is 28.3 Å². The van der Waals surface area contributed by atoms with Crippen LogP contribution in [0.4, 0.5) is 11.6 Å². The number of para-hydroxylation sites is 1. The van der Waals surface area contributed by atoms with E-state index in [2.05, 4.69) is 21.5 Å². The molecule has 0 aliphatic rings. The number of H-pyrrole nitrogens is 1. The van der Waals surface area contributed by atoms with Crippen molar-refractivity contribution >= 4 is 40.6 Å². The molecule has 1 unspecified atom stereocenters. The quantitative estimate of drug-likeness (QED) is 0.322. The number of hydrogen-bond donors (Lipinski definition) is 3. The third kappa shape index (κ3) is 4.82. The summed E-state index contributed by atoms with van der Waals surface area (Å²) in [5.74, 6) is -0.128. The Morgan fingerprint density at radius 3 is 2.60 bits per heavy atom. The fourth-order valence-electron chi connectivity index (χ4n) is 3.45. The van der Waals surface area contributed by atoms with E-state index >= 15 is 0 Å². The summed E-state index contributed by atoms with van der Waals surface area (Å²) < 4.78 is 1.33. The number of rotatable bonds is 7. The van der Waals surface area contributed by atoms with E-state index in [1.807, 2.05) is 30.5 Å². The summed E-state index contributed by atoms with van der Waals surface area (Å²) in [7, 11) is 0. The van der Waals surface area contributed by atoms with Crippen LogP contribution in [0.3, 0.4) is 0 Å². The van der Waals surface area contributed by atoms with Gasteiger partial charge in [-0.3, -0.25) is 14.7 Å². The molecule has 0 saturated carbocycles. The van der Waals surface area contributed by atoms with Gasteiger partial charge in [0.2, 0.25) is 5.91 Å². The van der Waals surface area contributed by atoms with Gasteiger partial charge >= 0.3 is 0 Å². The highest BCUT2D eigenvalue weighted by Gasteiger charge is 2.26. The van der Waals surface area contributed by atoms with Gasteiger partial charge in [0.05, 0.1) is 16.5 Å². The van der Waals surface area contributed by atoms with Crippen molar-refractivity contribution in [2.24, 2.45) is 0 Å². The number of amides is 1. The zero-order chi connectivity index (χ0) is 24.9. The Morgan fingerprint density at radius 2 is 1.97 bits per heavy atom. The van der Waals surface area contributed by atoms with E-state index in [-0.39, 0.29) is 39.3 Å². The van der Waals surface area contributed by atoms with E-state index in [1.54, 1.807) is 30.3 Å². The van der Waals surface area contributed by atoms with Gasteiger partial charge in [0.15, 0.2) is 0 Å². The van der Waals surface area contributed by atoms with Crippen LogP contribution >= 0.6 is 23.1 Å². The molecule has 0 spiro atoms. The van der Waals surface area contributed by atoms with Gasteiger partial charge in [-0.05, 0) is 30.0 Å². The zero-order valence-electron chi connectivity index (χ0n) is 18.5. The number of thiophene rings is 1. The summed E-state index contributed by atoms with van der Waals surface area (Å²) in [6, 6.07) is 18.1. The molecule has 11 heteroatoms. The molecule has 0 bridgehead atoms. The van der Waals surface area contributed by atoms with E-state index in [4.69, 9.17) is 5.73 Å². The SMILES string of the molecule is CCC(Sc1nc(N)c(C#N)c(-c2cccs2)c1C#N)C(=O)Nc1cc(=O)n(-c2ccccc2)[nH]1. The Bertz CT molecular complexity index is 1510. The zero-order valence-corrected chi connectivity index (χ0v) is 20.1. The Kier molecular flexibility index (Phi) is 7.01. The summed E-state index contributed by atoms with van der Waals surface area (Å²) in [5.41, 5.74) is 7.12. The predicted octanol–water partition coefficient (Wildman–Crippen LogP) is 4.12. The lowest BCUT2D eigenvalue weighted by molar-refractivity contribution is -0.115. The second-order valence-corrected chi connectivity index (χ2v) is 9.45. The maximum Gasteiger partial charge on any atom is 0.273 e. The molecule has 0 radical (unpaired) electrons. The second kappa shape index (κ2) is 10.3. The number of benzene rings is 1. The highest BCUT2D eigenvalue weighted by Crippen LogP contribution is 2.39. The predicted molar refractivity (Wildman–Crippen MR) is 136 cm³/mol. The van der Waals surface area contributed by atoms with Crippen molar-refractivity contribution in [3.05, 3.63) is 75.4 Å². The number of nitrogens with two attached hydrogens (primary N) is 1. The molecule has 0 fully saturated rings. The number of anilines is 2. The summed E-state index contributed by atoms with van der Waals surface area (Å²) in [5, 5.41) is 26.6. The molecule has 0 aliphatic heterocycles. The van der Waals surface area contributed by atoms with E-state index in [9.17, 15) is 20.1 Å². The largest absolute Gasteiger partial charge is 0.383 e. The lowest BCUT2D eigenvalue weighted by atomic mass is 10.0. The highest BCUT2D eigenvalue weighted by atomic mass is 32.2. The minimum absolute atomic E-state index is 0.00284. The summed E-state index contributed by atoms with van der Waals surface area (Å²) >= 11 is 2.47. The van der Waals surface area contributed by atoms with Gasteiger partial charge in [0, 0.05) is 16.5 Å². The molecule has 1 atom stereocenters. The van der Waals surface area contributed by atoms with E-state index < -0.39 is 5.25 Å². The first kappa shape index (κ1) is 23.8. The normalized spacial score (nSPS) is 11.4. The number of nitriles is 2. The molecule has 4 rings (SSSR count). The fraction of sp³-hybridized carbons (Fsp3) is 0.125. The van der Waals surface area contributed by atoms with Crippen molar-refractivity contribution in [1.82, 2.24) is 14.8 Å². The minimum atomic E-state index is -0.637. The first-order valence-electron chi connectivity index (χ1n) is 10.5. The lowest BCUT2D eigenvalue weighted by Crippen LogP contribution is -2.25. The molecule has 1 aromatic carbocycles. The number of carbonyl (C=O) groups excluding carboxylic acids is 1. The van der Waals surface area contributed by atoms with Crippen molar-refractivity contribution < 1.29 is 4.79 Å². The lowest BCUT2D eigenvalue weighted by Gasteiger charge is -2.16. The van der Waals surface area contributed by atoms with E-state index in [0.717, 1.165) is 11.8 Å². The summed E-state index contributed by atoms with van der Waals surface area (Å²) in [4.78, 5) is 30.4. The van der Waals surface area contributed by atoms with Gasteiger partial charge in [0.25, 0.3) is 5.56 Å². The number of nitrogen functional groups attached to an aromatic ring is 1. The van der Waals surface area contributed by atoms with Crippen LogP contribution in [0, 0.1) is 22.7 Å². The molecule has 0 aliphatic carbocycles. The molecule has 0 saturated heterocycles. The van der Waals surface area contributed by atoms with Crippen molar-refractivity contribution in [3.63, 3.8) is 0 Å². The van der Waals surface area contributed by atoms with Crippen molar-refractivity contribution in [2.45, 2.75) is 23.6 Å². The molecular formula is C24H19N7O2S2. The molecular weight excluding hydrogens is 482 g/mol. The number of aromatic amines is 1. The van der Waals surface area contributed by atoms with Crippen LogP contribution in [-0.2, 0) is 4.79 Å². The third-order valence-electron chi connectivity index (χ3n) is 5.09. The average molecular weight is 502 g/mol. The average Bonchev–Trinajstić information content (AvgIpc) is 3.52. The first-order chi connectivity index (χ1) is 17.0. The van der Waals surface area contributed by atoms with Gasteiger partial charge in [-0.1, -0.05) is 43.0 Å².